The van der Waals surface area contributed by atoms with Crippen molar-refractivity contribution in [2.75, 3.05) is 19.8 Å². The number of rotatable bonds is 10. The summed E-state index contributed by atoms with van der Waals surface area (Å²) in [7, 11) is 0. The van der Waals surface area contributed by atoms with Crippen LogP contribution in [0.3, 0.4) is 0 Å². The first-order valence-corrected chi connectivity index (χ1v) is 13.4. The topological polar surface area (TPSA) is 46.2 Å². The summed E-state index contributed by atoms with van der Waals surface area (Å²) in [5.41, 5.74) is -3.22. The Morgan fingerprint density at radius 2 is 1.35 bits per heavy atom. The Balaban J connectivity index is 1.37. The van der Waals surface area contributed by atoms with Crippen molar-refractivity contribution in [3.63, 3.8) is 0 Å². The molecule has 0 aliphatic carbocycles. The van der Waals surface area contributed by atoms with E-state index in [-0.39, 0.29) is 42.9 Å². The van der Waals surface area contributed by atoms with Crippen molar-refractivity contribution in [1.29, 1.82) is 0 Å². The highest BCUT2D eigenvalue weighted by molar-refractivity contribution is 5.65. The fraction of sp³-hybridized carbons (Fsp3) is 0.333. The van der Waals surface area contributed by atoms with Crippen LogP contribution in [0.5, 0.6) is 11.5 Å². The lowest BCUT2D eigenvalue weighted by molar-refractivity contribution is -0.480. The van der Waals surface area contributed by atoms with E-state index in [2.05, 4.69) is 9.47 Å². The van der Waals surface area contributed by atoms with Gasteiger partial charge >= 0.3 is 18.2 Å². The van der Waals surface area contributed by atoms with Crippen LogP contribution >= 0.6 is 0 Å². The zero-order valence-electron chi connectivity index (χ0n) is 23.4. The third kappa shape index (κ3) is 6.51. The van der Waals surface area contributed by atoms with Crippen molar-refractivity contribution in [2.45, 2.75) is 38.0 Å². The zero-order valence-corrected chi connectivity index (χ0v) is 23.4. The van der Waals surface area contributed by atoms with Gasteiger partial charge in [-0.3, -0.25) is 0 Å². The maximum atomic E-state index is 15.2. The van der Waals surface area contributed by atoms with Crippen molar-refractivity contribution < 1.29 is 72.0 Å². The maximum absolute atomic E-state index is 15.2. The quantitative estimate of drug-likeness (QED) is 0.202. The Bertz CT molecular complexity index is 1600. The summed E-state index contributed by atoms with van der Waals surface area (Å²) >= 11 is 0. The fourth-order valence-electron chi connectivity index (χ4n) is 5.12. The molecule has 2 bridgehead atoms. The first kappa shape index (κ1) is 33.5. The molecular weight excluding hydrogens is 649 g/mol. The minimum absolute atomic E-state index is 0.0988. The highest BCUT2D eigenvalue weighted by Crippen LogP contribution is 2.47. The molecule has 0 saturated carbocycles. The molecule has 3 aliphatic heterocycles. The summed E-state index contributed by atoms with van der Waals surface area (Å²) < 4.78 is 179. The molecule has 6 rings (SSSR count). The van der Waals surface area contributed by atoms with E-state index in [9.17, 15) is 43.9 Å². The minimum Gasteiger partial charge on any atom is -0.429 e. The highest BCUT2D eigenvalue weighted by Gasteiger charge is 2.53. The van der Waals surface area contributed by atoms with Gasteiger partial charge in [0.1, 0.15) is 28.8 Å². The average molecular weight is 670 g/mol. The van der Waals surface area contributed by atoms with Crippen LogP contribution in [0, 0.1) is 34.5 Å². The molecule has 46 heavy (non-hydrogen) atoms. The lowest BCUT2D eigenvalue weighted by Crippen LogP contribution is -2.58. The van der Waals surface area contributed by atoms with Crippen LogP contribution in [-0.2, 0) is 26.3 Å². The van der Waals surface area contributed by atoms with Gasteiger partial charge in [0, 0.05) is 28.7 Å². The van der Waals surface area contributed by atoms with E-state index in [1.54, 1.807) is 0 Å². The van der Waals surface area contributed by atoms with E-state index in [1.807, 2.05) is 6.92 Å². The molecule has 3 aromatic carbocycles. The molecule has 0 aromatic heterocycles. The number of benzene rings is 3. The third-order valence-corrected chi connectivity index (χ3v) is 7.19. The first-order valence-electron chi connectivity index (χ1n) is 13.4. The molecule has 16 heteroatoms. The molecule has 0 unspecified atom stereocenters. The molecule has 5 nitrogen and oxygen atoms in total. The van der Waals surface area contributed by atoms with Crippen molar-refractivity contribution >= 4 is 0 Å². The molecule has 3 saturated heterocycles. The second-order valence-electron chi connectivity index (χ2n) is 10.6. The van der Waals surface area contributed by atoms with Gasteiger partial charge < -0.3 is 23.7 Å². The maximum Gasteiger partial charge on any atom is 0.432 e. The van der Waals surface area contributed by atoms with E-state index < -0.39 is 87.6 Å². The number of halogens is 11. The zero-order chi connectivity index (χ0) is 33.7. The van der Waals surface area contributed by atoms with Gasteiger partial charge in [-0.25, -0.2) is 22.0 Å². The molecule has 0 N–H and O–H groups in total. The molecule has 3 aliphatic rings. The molecule has 3 fully saturated rings. The van der Waals surface area contributed by atoms with Crippen molar-refractivity contribution in [1.82, 2.24) is 0 Å². The minimum atomic E-state index is -4.97. The number of fused-ring (bicyclic) bond motifs is 3. The van der Waals surface area contributed by atoms with Crippen LogP contribution in [0.15, 0.2) is 54.6 Å². The number of alkyl halides is 4. The standard InChI is InChI=1S/C30H21F11O5/c1-2-5-27-12-42-30(43-13-27,44-14-27)16-3-4-18(19(31)8-16)15-6-20(32)25(21(33)7-15)29(40,41)45-17-9-22(34)26(23(35)10-17)46-28(38,39)11-24(36)37/h3-4,6-11H,2,5,12-14H2,1H3. The van der Waals surface area contributed by atoms with Gasteiger partial charge in [0.25, 0.3) is 6.08 Å². The van der Waals surface area contributed by atoms with Gasteiger partial charge in [-0.15, -0.1) is 0 Å². The van der Waals surface area contributed by atoms with E-state index in [0.29, 0.717) is 12.1 Å². The summed E-state index contributed by atoms with van der Waals surface area (Å²) in [5.74, 6) is -14.2. The Labute approximate surface area is 253 Å². The van der Waals surface area contributed by atoms with Crippen LogP contribution in [-0.4, -0.2) is 25.9 Å². The largest absolute Gasteiger partial charge is 0.432 e. The van der Waals surface area contributed by atoms with Gasteiger partial charge in [0.05, 0.1) is 25.9 Å². The monoisotopic (exact) mass is 670 g/mol. The third-order valence-electron chi connectivity index (χ3n) is 7.19. The Morgan fingerprint density at radius 1 is 0.783 bits per heavy atom. The van der Waals surface area contributed by atoms with E-state index in [1.165, 1.54) is 6.07 Å². The van der Waals surface area contributed by atoms with Crippen LogP contribution in [0.4, 0.5) is 48.3 Å². The molecular formula is C30H21F11O5. The van der Waals surface area contributed by atoms with E-state index in [0.717, 1.165) is 25.0 Å². The predicted octanol–water partition coefficient (Wildman–Crippen LogP) is 8.90. The Morgan fingerprint density at radius 3 is 1.85 bits per heavy atom. The normalized spacial score (nSPS) is 21.3. The molecule has 3 aromatic rings. The number of hydrogen-bond acceptors (Lipinski definition) is 5. The fourth-order valence-corrected chi connectivity index (χ4v) is 5.12. The second-order valence-corrected chi connectivity index (χ2v) is 10.6. The molecule has 0 amide bonds. The van der Waals surface area contributed by atoms with Gasteiger partial charge in [-0.2, -0.15) is 26.3 Å². The molecule has 0 atom stereocenters. The Hall–Kier alpha value is -3.89. The van der Waals surface area contributed by atoms with Crippen LogP contribution in [0.1, 0.15) is 30.9 Å². The molecule has 3 heterocycles. The molecule has 0 spiro atoms. The van der Waals surface area contributed by atoms with Gasteiger partial charge in [0.2, 0.25) is 0 Å². The summed E-state index contributed by atoms with van der Waals surface area (Å²) in [5, 5.41) is 0. The van der Waals surface area contributed by atoms with Crippen molar-refractivity contribution in [3.8, 4) is 22.6 Å². The number of ether oxygens (including phenoxy) is 5. The first-order chi connectivity index (χ1) is 21.5. The summed E-state index contributed by atoms with van der Waals surface area (Å²) in [4.78, 5) is 0. The van der Waals surface area contributed by atoms with E-state index in [4.69, 9.17) is 14.2 Å². The van der Waals surface area contributed by atoms with Crippen molar-refractivity contribution in [2.24, 2.45) is 5.41 Å². The Kier molecular flexibility index (Phi) is 8.76. The lowest BCUT2D eigenvalue weighted by atomic mass is 9.83. The second kappa shape index (κ2) is 12.0. The molecule has 0 radical (unpaired) electrons. The summed E-state index contributed by atoms with van der Waals surface area (Å²) in [6, 6.07) is 3.81. The average Bonchev–Trinajstić information content (AvgIpc) is 2.94. The van der Waals surface area contributed by atoms with Gasteiger partial charge in [-0.05, 0) is 30.2 Å². The van der Waals surface area contributed by atoms with Crippen LogP contribution in [0.25, 0.3) is 11.1 Å². The SMILES string of the molecule is CCCC12COC(c3ccc(-c4cc(F)c(C(F)(F)Oc5cc(F)c(OC(F)(F)C=C(F)F)c(F)c5)c(F)c4)c(F)c3)(OC1)OC2. The number of hydrogen-bond donors (Lipinski definition) is 0. The van der Waals surface area contributed by atoms with Crippen LogP contribution in [0.2, 0.25) is 0 Å². The highest BCUT2D eigenvalue weighted by atomic mass is 19.3. The summed E-state index contributed by atoms with van der Waals surface area (Å²) in [6.07, 6.45) is -12.3. The van der Waals surface area contributed by atoms with Crippen LogP contribution < -0.4 is 9.47 Å². The van der Waals surface area contributed by atoms with Crippen molar-refractivity contribution in [3.05, 3.63) is 94.8 Å². The van der Waals surface area contributed by atoms with E-state index >= 15 is 4.39 Å². The smallest absolute Gasteiger partial charge is 0.429 e. The predicted molar refractivity (Wildman–Crippen MR) is 135 cm³/mol. The van der Waals surface area contributed by atoms with Gasteiger partial charge in [0.15, 0.2) is 17.4 Å². The van der Waals surface area contributed by atoms with Gasteiger partial charge in [-0.1, -0.05) is 25.5 Å². The molecule has 248 valence electrons. The summed E-state index contributed by atoms with van der Waals surface area (Å²) in [6.45, 7) is 2.83. The lowest BCUT2D eigenvalue weighted by Gasteiger charge is -2.51.